The van der Waals surface area contributed by atoms with Gasteiger partial charge in [-0.15, -0.1) is 0 Å². The summed E-state index contributed by atoms with van der Waals surface area (Å²) < 4.78 is 5.33. The predicted molar refractivity (Wildman–Crippen MR) is 101 cm³/mol. The summed E-state index contributed by atoms with van der Waals surface area (Å²) in [5.74, 6) is 0.428. The number of para-hydroxylation sites is 1. The van der Waals surface area contributed by atoms with E-state index < -0.39 is 0 Å². The number of unbranched alkanes of at least 4 members (excludes halogenated alkanes) is 9. The van der Waals surface area contributed by atoms with Gasteiger partial charge in [0.25, 0.3) is 0 Å². The fraction of sp³-hybridized carbons (Fsp3) is 0.650. The lowest BCUT2D eigenvalue weighted by Gasteiger charge is -2.09. The molecule has 1 aromatic rings. The van der Waals surface area contributed by atoms with Crippen molar-refractivity contribution < 1.29 is 9.53 Å². The Kier molecular flexibility index (Phi) is 11.9. The number of rotatable bonds is 13. The van der Waals surface area contributed by atoms with Crippen LogP contribution in [0, 0.1) is 0 Å². The molecule has 0 spiro atoms. The van der Waals surface area contributed by atoms with Crippen LogP contribution in [0.2, 0.25) is 0 Å². The number of esters is 1. The zero-order chi connectivity index (χ0) is 16.8. The van der Waals surface area contributed by atoms with Gasteiger partial charge < -0.3 is 4.74 Å². The Balaban J connectivity index is 1.97. The van der Waals surface area contributed by atoms with E-state index in [1.165, 1.54) is 57.8 Å². The van der Waals surface area contributed by atoms with Crippen LogP contribution in [0.5, 0.6) is 5.75 Å². The highest BCUT2D eigenvalue weighted by Gasteiger charge is 2.16. The van der Waals surface area contributed by atoms with E-state index >= 15 is 0 Å². The van der Waals surface area contributed by atoms with Gasteiger partial charge in [-0.2, -0.15) is 0 Å². The minimum absolute atomic E-state index is 0.188. The molecule has 0 aliphatic rings. The van der Waals surface area contributed by atoms with Crippen LogP contribution in [0.1, 0.15) is 77.6 Å². The number of hydrogen-bond donors (Lipinski definition) is 0. The summed E-state index contributed by atoms with van der Waals surface area (Å²) >= 11 is 3.44. The fourth-order valence-corrected chi connectivity index (χ4v) is 3.01. The molecule has 1 unspecified atom stereocenters. The van der Waals surface area contributed by atoms with Crippen LogP contribution in [-0.4, -0.2) is 10.8 Å². The fourth-order valence-electron chi connectivity index (χ4n) is 2.60. The van der Waals surface area contributed by atoms with E-state index in [0.717, 1.165) is 12.8 Å². The Morgan fingerprint density at radius 3 is 2.00 bits per heavy atom. The smallest absolute Gasteiger partial charge is 0.325 e. The van der Waals surface area contributed by atoms with E-state index in [4.69, 9.17) is 4.74 Å². The first kappa shape index (κ1) is 20.2. The predicted octanol–water partition coefficient (Wildman–Crippen LogP) is 6.67. The monoisotopic (exact) mass is 382 g/mol. The lowest BCUT2D eigenvalue weighted by molar-refractivity contribution is -0.133. The molecule has 0 bridgehead atoms. The molecule has 0 saturated heterocycles. The Morgan fingerprint density at radius 1 is 0.913 bits per heavy atom. The molecular weight excluding hydrogens is 352 g/mol. The van der Waals surface area contributed by atoms with Crippen molar-refractivity contribution in [2.45, 2.75) is 82.4 Å². The van der Waals surface area contributed by atoms with Gasteiger partial charge in [0.15, 0.2) is 0 Å². The second-order valence-electron chi connectivity index (χ2n) is 6.17. The van der Waals surface area contributed by atoms with Crippen LogP contribution >= 0.6 is 15.9 Å². The van der Waals surface area contributed by atoms with Crippen molar-refractivity contribution >= 4 is 21.9 Å². The van der Waals surface area contributed by atoms with Gasteiger partial charge in [0.2, 0.25) is 0 Å². The lowest BCUT2D eigenvalue weighted by atomic mass is 10.1. The lowest BCUT2D eigenvalue weighted by Crippen LogP contribution is -2.20. The number of alkyl halides is 1. The Bertz CT molecular complexity index is 405. The van der Waals surface area contributed by atoms with Gasteiger partial charge in [0.1, 0.15) is 10.6 Å². The van der Waals surface area contributed by atoms with Gasteiger partial charge in [-0.05, 0) is 18.6 Å². The van der Waals surface area contributed by atoms with Crippen molar-refractivity contribution in [1.82, 2.24) is 0 Å². The summed E-state index contributed by atoms with van der Waals surface area (Å²) in [7, 11) is 0. The van der Waals surface area contributed by atoms with Gasteiger partial charge in [0, 0.05) is 0 Å². The third kappa shape index (κ3) is 10.5. The van der Waals surface area contributed by atoms with E-state index in [1.54, 1.807) is 12.1 Å². The minimum atomic E-state index is -0.197. The molecule has 2 nitrogen and oxygen atoms in total. The van der Waals surface area contributed by atoms with Crippen LogP contribution in [0.25, 0.3) is 0 Å². The molecule has 0 aliphatic carbocycles. The van der Waals surface area contributed by atoms with Crippen LogP contribution < -0.4 is 4.74 Å². The van der Waals surface area contributed by atoms with Crippen molar-refractivity contribution in [2.24, 2.45) is 0 Å². The molecule has 1 aromatic carbocycles. The molecule has 130 valence electrons. The van der Waals surface area contributed by atoms with Crippen LogP contribution in [-0.2, 0) is 4.79 Å². The molecule has 23 heavy (non-hydrogen) atoms. The van der Waals surface area contributed by atoms with E-state index in [-0.39, 0.29) is 10.8 Å². The highest BCUT2D eigenvalue weighted by Crippen LogP contribution is 2.17. The standard InChI is InChI=1S/C20H31BrO2/c1-2-3-4-5-6-7-8-9-10-14-17-19(21)20(22)23-18-15-12-11-13-16-18/h11-13,15-16,19H,2-10,14,17H2,1H3. The number of carbonyl (C=O) groups is 1. The SMILES string of the molecule is CCCCCCCCCCCCC(Br)C(=O)Oc1ccccc1. The Morgan fingerprint density at radius 2 is 1.43 bits per heavy atom. The first-order valence-electron chi connectivity index (χ1n) is 9.15. The largest absolute Gasteiger partial charge is 0.426 e. The molecular formula is C20H31BrO2. The van der Waals surface area contributed by atoms with E-state index in [1.807, 2.05) is 18.2 Å². The van der Waals surface area contributed by atoms with Crippen molar-refractivity contribution in [3.8, 4) is 5.75 Å². The molecule has 0 radical (unpaired) electrons. The maximum absolute atomic E-state index is 11.9. The quantitative estimate of drug-likeness (QED) is 0.165. The first-order chi connectivity index (χ1) is 11.2. The van der Waals surface area contributed by atoms with Gasteiger partial charge >= 0.3 is 5.97 Å². The maximum Gasteiger partial charge on any atom is 0.325 e. The summed E-state index contributed by atoms with van der Waals surface area (Å²) in [5.41, 5.74) is 0. The van der Waals surface area contributed by atoms with Gasteiger partial charge in [-0.25, -0.2) is 0 Å². The molecule has 1 atom stereocenters. The number of carbonyl (C=O) groups excluding carboxylic acids is 1. The molecule has 0 saturated carbocycles. The molecule has 0 heterocycles. The van der Waals surface area contributed by atoms with Crippen molar-refractivity contribution in [1.29, 1.82) is 0 Å². The zero-order valence-electron chi connectivity index (χ0n) is 14.4. The normalized spacial score (nSPS) is 12.1. The first-order valence-corrected chi connectivity index (χ1v) is 10.1. The highest BCUT2D eigenvalue weighted by molar-refractivity contribution is 9.10. The molecule has 1 rings (SSSR count). The maximum atomic E-state index is 11.9. The van der Waals surface area contributed by atoms with Crippen molar-refractivity contribution in [3.05, 3.63) is 30.3 Å². The zero-order valence-corrected chi connectivity index (χ0v) is 16.0. The van der Waals surface area contributed by atoms with Crippen molar-refractivity contribution in [2.75, 3.05) is 0 Å². The summed E-state index contributed by atoms with van der Waals surface area (Å²) in [6.45, 7) is 2.26. The number of benzene rings is 1. The van der Waals surface area contributed by atoms with E-state index in [2.05, 4.69) is 22.9 Å². The molecule has 3 heteroatoms. The molecule has 0 amide bonds. The summed E-state index contributed by atoms with van der Waals surface area (Å²) in [6.07, 6.45) is 14.0. The number of hydrogen-bond acceptors (Lipinski definition) is 2. The molecule has 0 fully saturated rings. The van der Waals surface area contributed by atoms with Crippen LogP contribution in [0.15, 0.2) is 30.3 Å². The summed E-state index contributed by atoms with van der Waals surface area (Å²) in [4.78, 5) is 11.7. The third-order valence-corrected chi connectivity index (χ3v) is 4.86. The summed E-state index contributed by atoms with van der Waals surface area (Å²) in [5, 5.41) is 0. The van der Waals surface area contributed by atoms with Gasteiger partial charge in [-0.3, -0.25) is 4.79 Å². The van der Waals surface area contributed by atoms with E-state index in [9.17, 15) is 4.79 Å². The molecule has 0 aliphatic heterocycles. The van der Waals surface area contributed by atoms with Gasteiger partial charge in [0.05, 0.1) is 0 Å². The van der Waals surface area contributed by atoms with Crippen LogP contribution in [0.3, 0.4) is 0 Å². The Hall–Kier alpha value is -0.830. The van der Waals surface area contributed by atoms with Gasteiger partial charge in [-0.1, -0.05) is 105 Å². The number of halogens is 1. The topological polar surface area (TPSA) is 26.3 Å². The molecule has 0 aromatic heterocycles. The number of ether oxygens (including phenoxy) is 1. The second kappa shape index (κ2) is 13.6. The minimum Gasteiger partial charge on any atom is -0.426 e. The van der Waals surface area contributed by atoms with E-state index in [0.29, 0.717) is 5.75 Å². The average molecular weight is 383 g/mol. The van der Waals surface area contributed by atoms with Crippen LogP contribution in [0.4, 0.5) is 0 Å². The Labute approximate surface area is 150 Å². The third-order valence-electron chi connectivity index (χ3n) is 4.03. The van der Waals surface area contributed by atoms with Crippen molar-refractivity contribution in [3.63, 3.8) is 0 Å². The molecule has 0 N–H and O–H groups in total. The second-order valence-corrected chi connectivity index (χ2v) is 7.28. The average Bonchev–Trinajstić information content (AvgIpc) is 2.57. The summed E-state index contributed by atoms with van der Waals surface area (Å²) in [6, 6.07) is 9.26. The highest BCUT2D eigenvalue weighted by atomic mass is 79.9.